The molecule has 0 unspecified atom stereocenters. The summed E-state index contributed by atoms with van der Waals surface area (Å²) in [4.78, 5) is 15.2. The zero-order valence-corrected chi connectivity index (χ0v) is 15.2. The average Bonchev–Trinajstić information content (AvgIpc) is 3.00. The Morgan fingerprint density at radius 1 is 1.07 bits per heavy atom. The molecule has 1 heterocycles. The molecule has 0 radical (unpaired) electrons. The van der Waals surface area contributed by atoms with Crippen molar-refractivity contribution < 1.29 is 22.7 Å². The molecule has 3 rings (SSSR count). The molecule has 1 N–H and O–H groups in total. The van der Waals surface area contributed by atoms with Gasteiger partial charge in [-0.1, -0.05) is 12.1 Å². The van der Waals surface area contributed by atoms with Crippen LogP contribution in [0, 0.1) is 0 Å². The molecule has 1 aromatic heterocycles. The number of ether oxygens (including phenoxy) is 1. The van der Waals surface area contributed by atoms with Gasteiger partial charge in [0.2, 0.25) is 0 Å². The fourth-order valence-corrected chi connectivity index (χ4v) is 2.72. The molecule has 0 aliphatic rings. The lowest BCUT2D eigenvalue weighted by atomic mass is 10.1. The van der Waals surface area contributed by atoms with Gasteiger partial charge >= 0.3 is 12.1 Å². The van der Waals surface area contributed by atoms with Crippen LogP contribution in [0.1, 0.15) is 21.6 Å². The van der Waals surface area contributed by atoms with E-state index in [0.717, 1.165) is 17.8 Å². The molecule has 0 saturated heterocycles. The molecule has 0 aliphatic carbocycles. The first-order chi connectivity index (χ1) is 12.5. The number of carbonyl (C=O) groups excluding carboxylic acids is 1. The van der Waals surface area contributed by atoms with Crippen molar-refractivity contribution in [2.24, 2.45) is 0 Å². The van der Waals surface area contributed by atoms with Crippen LogP contribution in [-0.4, -0.2) is 32.1 Å². The normalized spacial score (nSPS) is 12.4. The third-order valence-corrected chi connectivity index (χ3v) is 4.22. The van der Waals surface area contributed by atoms with E-state index in [1.165, 1.54) is 6.07 Å². The lowest BCUT2D eigenvalue weighted by Gasteiger charge is -2.23. The van der Waals surface area contributed by atoms with Crippen molar-refractivity contribution in [3.63, 3.8) is 0 Å². The number of rotatable bonds is 4. The molecule has 4 nitrogen and oxygen atoms in total. The van der Waals surface area contributed by atoms with Gasteiger partial charge in [0.05, 0.1) is 38.0 Å². The predicted molar refractivity (Wildman–Crippen MR) is 98.4 cm³/mol. The van der Waals surface area contributed by atoms with Crippen LogP contribution in [0.4, 0.5) is 18.9 Å². The lowest BCUT2D eigenvalue weighted by molar-refractivity contribution is -0.137. The van der Waals surface area contributed by atoms with Gasteiger partial charge in [-0.05, 0) is 35.7 Å². The standard InChI is InChI=1S/C20H20F3N2O2/c1-25(2,3)17-6-4-5-14(10-17)19(26)27-12-16-9-13-7-8-15(20(21,22)23)11-18(13)24-16/h4-11,24H,12H2,1-3H3/q+1. The van der Waals surface area contributed by atoms with E-state index >= 15 is 0 Å². The van der Waals surface area contributed by atoms with E-state index in [1.807, 2.05) is 27.2 Å². The van der Waals surface area contributed by atoms with Gasteiger partial charge in [-0.3, -0.25) is 4.48 Å². The highest BCUT2D eigenvalue weighted by molar-refractivity contribution is 5.90. The zero-order valence-electron chi connectivity index (χ0n) is 15.2. The monoisotopic (exact) mass is 377 g/mol. The first-order valence-corrected chi connectivity index (χ1v) is 8.32. The van der Waals surface area contributed by atoms with Gasteiger partial charge in [-0.25, -0.2) is 4.79 Å². The molecule has 0 atom stereocenters. The van der Waals surface area contributed by atoms with Crippen molar-refractivity contribution in [3.8, 4) is 0 Å². The number of alkyl halides is 3. The SMILES string of the molecule is C[N+](C)(C)c1cccc(C(=O)OCc2cc3ccc(C(F)(F)F)cc3[nH]2)c1. The number of quaternary nitrogens is 1. The summed E-state index contributed by atoms with van der Waals surface area (Å²) in [5, 5.41) is 0.626. The minimum Gasteiger partial charge on any atom is -0.456 e. The second-order valence-electron chi connectivity index (χ2n) is 7.23. The van der Waals surface area contributed by atoms with E-state index in [4.69, 9.17) is 4.74 Å². The van der Waals surface area contributed by atoms with Crippen LogP contribution in [-0.2, 0) is 17.5 Å². The summed E-state index contributed by atoms with van der Waals surface area (Å²) >= 11 is 0. The summed E-state index contributed by atoms with van der Waals surface area (Å²) in [5.41, 5.74) is 1.53. The highest BCUT2D eigenvalue weighted by Gasteiger charge is 2.30. The molecule has 2 aromatic carbocycles. The molecular formula is C20H20F3N2O2+. The van der Waals surface area contributed by atoms with E-state index in [2.05, 4.69) is 4.98 Å². The third kappa shape index (κ3) is 4.31. The van der Waals surface area contributed by atoms with E-state index in [9.17, 15) is 18.0 Å². The molecule has 3 aromatic rings. The van der Waals surface area contributed by atoms with Gasteiger partial charge in [0.25, 0.3) is 0 Å². The van der Waals surface area contributed by atoms with Crippen LogP contribution in [0.15, 0.2) is 48.5 Å². The maximum absolute atomic E-state index is 12.8. The maximum Gasteiger partial charge on any atom is 0.416 e. The van der Waals surface area contributed by atoms with Gasteiger partial charge in [0.15, 0.2) is 0 Å². The minimum absolute atomic E-state index is 0.0521. The van der Waals surface area contributed by atoms with Gasteiger partial charge in [0, 0.05) is 11.6 Å². The van der Waals surface area contributed by atoms with Crippen LogP contribution in [0.3, 0.4) is 0 Å². The summed E-state index contributed by atoms with van der Waals surface area (Å²) in [7, 11) is 5.97. The van der Waals surface area contributed by atoms with E-state index in [0.29, 0.717) is 26.6 Å². The molecule has 0 saturated carbocycles. The smallest absolute Gasteiger partial charge is 0.416 e. The average molecular weight is 377 g/mol. The Morgan fingerprint density at radius 3 is 2.48 bits per heavy atom. The largest absolute Gasteiger partial charge is 0.456 e. The second-order valence-corrected chi connectivity index (χ2v) is 7.23. The number of halogens is 3. The Morgan fingerprint density at radius 2 is 1.81 bits per heavy atom. The maximum atomic E-state index is 12.8. The first kappa shape index (κ1) is 19.0. The molecule has 7 heteroatoms. The Bertz CT molecular complexity index is 985. The number of H-pyrrole nitrogens is 1. The highest BCUT2D eigenvalue weighted by Crippen LogP contribution is 2.31. The Labute approximate surface area is 154 Å². The number of carbonyl (C=O) groups is 1. The zero-order chi connectivity index (χ0) is 19.8. The van der Waals surface area contributed by atoms with Crippen LogP contribution >= 0.6 is 0 Å². The molecule has 27 heavy (non-hydrogen) atoms. The highest BCUT2D eigenvalue weighted by atomic mass is 19.4. The summed E-state index contributed by atoms with van der Waals surface area (Å²) < 4.78 is 44.3. The fraction of sp³-hybridized carbons (Fsp3) is 0.250. The molecule has 142 valence electrons. The molecule has 0 bridgehead atoms. The quantitative estimate of drug-likeness (QED) is 0.527. The van der Waals surface area contributed by atoms with E-state index in [1.54, 1.807) is 24.3 Å². The Kier molecular flexibility index (Phi) is 4.73. The van der Waals surface area contributed by atoms with Crippen molar-refractivity contribution in [1.82, 2.24) is 9.47 Å². The molecule has 0 spiro atoms. The Hall–Kier alpha value is -2.80. The number of nitrogens with one attached hydrogen (secondary N) is 1. The number of aromatic amines is 1. The van der Waals surface area contributed by atoms with Crippen LogP contribution in [0.5, 0.6) is 0 Å². The topological polar surface area (TPSA) is 42.1 Å². The molecule has 0 amide bonds. The predicted octanol–water partition coefficient (Wildman–Crippen LogP) is 4.74. The molecule has 0 aliphatic heterocycles. The number of hydrogen-bond donors (Lipinski definition) is 1. The first-order valence-electron chi connectivity index (χ1n) is 8.32. The number of nitrogens with zero attached hydrogens (tertiary/aromatic N) is 1. The van der Waals surface area contributed by atoms with Gasteiger partial charge < -0.3 is 9.72 Å². The summed E-state index contributed by atoms with van der Waals surface area (Å²) in [6, 6.07) is 12.3. The van der Waals surface area contributed by atoms with Crippen molar-refractivity contribution in [1.29, 1.82) is 0 Å². The van der Waals surface area contributed by atoms with Gasteiger partial charge in [-0.15, -0.1) is 0 Å². The third-order valence-electron chi connectivity index (χ3n) is 4.22. The number of aromatic nitrogens is 1. The van der Waals surface area contributed by atoms with Gasteiger partial charge in [-0.2, -0.15) is 13.2 Å². The van der Waals surface area contributed by atoms with Crippen LogP contribution in [0.2, 0.25) is 0 Å². The lowest BCUT2D eigenvalue weighted by Crippen LogP contribution is -2.34. The number of hydrogen-bond acceptors (Lipinski definition) is 2. The number of esters is 1. The Balaban J connectivity index is 1.74. The van der Waals surface area contributed by atoms with Crippen molar-refractivity contribution in [2.45, 2.75) is 12.8 Å². The summed E-state index contributed by atoms with van der Waals surface area (Å²) in [5.74, 6) is -0.486. The van der Waals surface area contributed by atoms with Crippen LogP contribution < -0.4 is 4.48 Å². The van der Waals surface area contributed by atoms with E-state index < -0.39 is 17.7 Å². The number of fused-ring (bicyclic) bond motifs is 1. The van der Waals surface area contributed by atoms with Crippen molar-refractivity contribution >= 4 is 22.6 Å². The molecular weight excluding hydrogens is 357 g/mol. The second kappa shape index (κ2) is 6.74. The summed E-state index contributed by atoms with van der Waals surface area (Å²) in [6.07, 6.45) is -4.40. The minimum atomic E-state index is -4.40. The fourth-order valence-electron chi connectivity index (χ4n) is 2.72. The van der Waals surface area contributed by atoms with Crippen LogP contribution in [0.25, 0.3) is 10.9 Å². The molecule has 0 fully saturated rings. The van der Waals surface area contributed by atoms with Gasteiger partial charge in [0.1, 0.15) is 12.3 Å². The number of benzene rings is 2. The van der Waals surface area contributed by atoms with Crippen molar-refractivity contribution in [2.75, 3.05) is 21.1 Å². The van der Waals surface area contributed by atoms with E-state index in [-0.39, 0.29) is 6.61 Å². The van der Waals surface area contributed by atoms with Crippen molar-refractivity contribution in [3.05, 3.63) is 65.4 Å². The summed E-state index contributed by atoms with van der Waals surface area (Å²) in [6.45, 7) is -0.0521.